The van der Waals surface area contributed by atoms with Crippen LogP contribution in [0.4, 0.5) is 5.82 Å². The van der Waals surface area contributed by atoms with Crippen molar-refractivity contribution < 1.29 is 4.74 Å². The number of hydrogen-bond donors (Lipinski definition) is 1. The van der Waals surface area contributed by atoms with E-state index in [-0.39, 0.29) is 0 Å². The average Bonchev–Trinajstić information content (AvgIpc) is 2.41. The van der Waals surface area contributed by atoms with E-state index in [2.05, 4.69) is 20.4 Å². The first-order valence-corrected chi connectivity index (χ1v) is 6.72. The lowest BCUT2D eigenvalue weighted by Gasteiger charge is -2.44. The molecule has 1 aromatic rings. The molecule has 98 valence electrons. The summed E-state index contributed by atoms with van der Waals surface area (Å²) in [6, 6.07) is 2.36. The Balaban J connectivity index is 1.87. The maximum absolute atomic E-state index is 5.93. The molecular formula is C12H17ClN4O. The van der Waals surface area contributed by atoms with Crippen molar-refractivity contribution in [1.29, 1.82) is 0 Å². The Hall–Kier alpha value is -0.910. The summed E-state index contributed by atoms with van der Waals surface area (Å²) in [4.78, 5) is 2.29. The van der Waals surface area contributed by atoms with Crippen LogP contribution in [0.25, 0.3) is 0 Å². The average molecular weight is 269 g/mol. The summed E-state index contributed by atoms with van der Waals surface area (Å²) in [7, 11) is 0. The Morgan fingerprint density at radius 3 is 3.22 bits per heavy atom. The lowest BCUT2D eigenvalue weighted by molar-refractivity contribution is -0.00378. The summed E-state index contributed by atoms with van der Waals surface area (Å²) in [5.41, 5.74) is 0.966. The molecule has 0 radical (unpaired) electrons. The van der Waals surface area contributed by atoms with Crippen molar-refractivity contribution in [2.45, 2.75) is 25.5 Å². The molecule has 2 atom stereocenters. The van der Waals surface area contributed by atoms with E-state index in [1.807, 2.05) is 13.0 Å². The molecule has 3 heterocycles. The minimum Gasteiger partial charge on any atom is -0.374 e. The summed E-state index contributed by atoms with van der Waals surface area (Å²) in [5.74, 6) is 0.902. The number of fused-ring (bicyclic) bond motifs is 1. The zero-order valence-electron chi connectivity index (χ0n) is 10.4. The first-order chi connectivity index (χ1) is 8.75. The molecule has 0 bridgehead atoms. The number of piperidine rings is 1. The molecule has 2 fully saturated rings. The van der Waals surface area contributed by atoms with Crippen molar-refractivity contribution >= 4 is 17.4 Å². The van der Waals surface area contributed by atoms with Crippen molar-refractivity contribution in [2.24, 2.45) is 0 Å². The van der Waals surface area contributed by atoms with Gasteiger partial charge < -0.3 is 15.0 Å². The van der Waals surface area contributed by atoms with Crippen LogP contribution in [0.5, 0.6) is 0 Å². The number of ether oxygens (including phenoxy) is 1. The smallest absolute Gasteiger partial charge is 0.154 e. The van der Waals surface area contributed by atoms with Crippen LogP contribution >= 0.6 is 11.6 Å². The predicted molar refractivity (Wildman–Crippen MR) is 70.1 cm³/mol. The van der Waals surface area contributed by atoms with Gasteiger partial charge in [0, 0.05) is 13.1 Å². The highest BCUT2D eigenvalue weighted by molar-refractivity contribution is 6.30. The molecule has 2 saturated heterocycles. The lowest BCUT2D eigenvalue weighted by Crippen LogP contribution is -2.59. The minimum atomic E-state index is 0.304. The number of anilines is 1. The molecule has 6 heteroatoms. The van der Waals surface area contributed by atoms with Crippen LogP contribution in [0.2, 0.25) is 5.15 Å². The van der Waals surface area contributed by atoms with Crippen LogP contribution in [0.3, 0.4) is 0 Å². The van der Waals surface area contributed by atoms with Gasteiger partial charge in [-0.25, -0.2) is 0 Å². The van der Waals surface area contributed by atoms with Crippen molar-refractivity contribution in [3.8, 4) is 0 Å². The number of aryl methyl sites for hydroxylation is 1. The zero-order valence-corrected chi connectivity index (χ0v) is 11.2. The summed E-state index contributed by atoms with van der Waals surface area (Å²) < 4.78 is 5.83. The van der Waals surface area contributed by atoms with E-state index in [1.54, 1.807) is 0 Å². The normalized spacial score (nSPS) is 28.0. The third-order valence-corrected chi connectivity index (χ3v) is 4.03. The van der Waals surface area contributed by atoms with Gasteiger partial charge in [0.25, 0.3) is 0 Å². The van der Waals surface area contributed by atoms with E-state index in [4.69, 9.17) is 16.3 Å². The van der Waals surface area contributed by atoms with Gasteiger partial charge in [0.2, 0.25) is 0 Å². The first kappa shape index (κ1) is 12.1. The maximum atomic E-state index is 5.93. The number of halogens is 1. The monoisotopic (exact) mass is 268 g/mol. The SMILES string of the molecule is Cc1cc(N2CCO[C@@H]3CCNC[C@@H]32)nnc1Cl. The number of rotatable bonds is 1. The standard InChI is InChI=1S/C12H17ClN4O/c1-8-6-11(15-16-12(8)13)17-4-5-18-10-2-3-14-7-9(10)17/h6,9-10,14H,2-5,7H2,1H3/t9-,10+/m0/s1. The van der Waals surface area contributed by atoms with E-state index in [0.29, 0.717) is 17.3 Å². The molecule has 0 spiro atoms. The molecule has 1 N–H and O–H groups in total. The molecule has 1 aromatic heterocycles. The lowest BCUT2D eigenvalue weighted by atomic mass is 10.0. The largest absolute Gasteiger partial charge is 0.374 e. The molecule has 0 saturated carbocycles. The second kappa shape index (κ2) is 4.99. The van der Waals surface area contributed by atoms with Crippen LogP contribution < -0.4 is 10.2 Å². The van der Waals surface area contributed by atoms with E-state index < -0.39 is 0 Å². The predicted octanol–water partition coefficient (Wildman–Crippen LogP) is 1.01. The molecule has 2 aliphatic rings. The van der Waals surface area contributed by atoms with Crippen LogP contribution in [0.15, 0.2) is 6.07 Å². The van der Waals surface area contributed by atoms with E-state index in [0.717, 1.165) is 44.0 Å². The Kier molecular flexibility index (Phi) is 3.37. The third kappa shape index (κ3) is 2.18. The van der Waals surface area contributed by atoms with Crippen molar-refractivity contribution in [3.05, 3.63) is 16.8 Å². The fraction of sp³-hybridized carbons (Fsp3) is 0.667. The van der Waals surface area contributed by atoms with Crippen LogP contribution in [-0.4, -0.2) is 48.6 Å². The molecule has 5 nitrogen and oxygen atoms in total. The highest BCUT2D eigenvalue weighted by atomic mass is 35.5. The first-order valence-electron chi connectivity index (χ1n) is 6.34. The van der Waals surface area contributed by atoms with Gasteiger partial charge in [-0.2, -0.15) is 0 Å². The summed E-state index contributed by atoms with van der Waals surface area (Å²) in [6.07, 6.45) is 1.36. The number of nitrogens with one attached hydrogen (secondary N) is 1. The molecule has 0 aromatic carbocycles. The number of nitrogens with zero attached hydrogens (tertiary/aromatic N) is 3. The Morgan fingerprint density at radius 1 is 1.50 bits per heavy atom. The Labute approximate surface area is 111 Å². The van der Waals surface area contributed by atoms with Crippen LogP contribution in [0, 0.1) is 6.92 Å². The molecular weight excluding hydrogens is 252 g/mol. The fourth-order valence-electron chi connectivity index (χ4n) is 2.67. The van der Waals surface area contributed by atoms with Gasteiger partial charge in [-0.3, -0.25) is 0 Å². The van der Waals surface area contributed by atoms with Gasteiger partial charge >= 0.3 is 0 Å². The summed E-state index contributed by atoms with van der Waals surface area (Å²) >= 11 is 5.93. The fourth-order valence-corrected chi connectivity index (χ4v) is 2.76. The van der Waals surface area contributed by atoms with Crippen LogP contribution in [0.1, 0.15) is 12.0 Å². The molecule has 18 heavy (non-hydrogen) atoms. The van der Waals surface area contributed by atoms with Gasteiger partial charge in [-0.05, 0) is 31.5 Å². The highest BCUT2D eigenvalue weighted by Crippen LogP contribution is 2.25. The van der Waals surface area contributed by atoms with Gasteiger partial charge in [0.05, 0.1) is 18.8 Å². The van der Waals surface area contributed by atoms with Crippen molar-refractivity contribution in [2.75, 3.05) is 31.1 Å². The zero-order chi connectivity index (χ0) is 12.5. The molecule has 3 rings (SSSR count). The van der Waals surface area contributed by atoms with E-state index >= 15 is 0 Å². The Bertz CT molecular complexity index is 440. The van der Waals surface area contributed by atoms with Crippen molar-refractivity contribution in [1.82, 2.24) is 15.5 Å². The molecule has 2 aliphatic heterocycles. The quantitative estimate of drug-likeness (QED) is 0.824. The summed E-state index contributed by atoms with van der Waals surface area (Å²) in [5, 5.41) is 12.1. The molecule has 0 amide bonds. The van der Waals surface area contributed by atoms with Crippen LogP contribution in [-0.2, 0) is 4.74 Å². The van der Waals surface area contributed by atoms with Gasteiger partial charge in [0.1, 0.15) is 0 Å². The second-order valence-corrected chi connectivity index (χ2v) is 5.20. The Morgan fingerprint density at radius 2 is 2.39 bits per heavy atom. The topological polar surface area (TPSA) is 50.3 Å². The minimum absolute atomic E-state index is 0.304. The van der Waals surface area contributed by atoms with Gasteiger partial charge in [0.15, 0.2) is 11.0 Å². The number of hydrogen-bond acceptors (Lipinski definition) is 5. The third-order valence-electron chi connectivity index (χ3n) is 3.66. The van der Waals surface area contributed by atoms with Gasteiger partial charge in [-0.15, -0.1) is 10.2 Å². The highest BCUT2D eigenvalue weighted by Gasteiger charge is 2.35. The molecule has 0 aliphatic carbocycles. The van der Waals surface area contributed by atoms with Crippen molar-refractivity contribution in [3.63, 3.8) is 0 Å². The molecule has 0 unspecified atom stereocenters. The maximum Gasteiger partial charge on any atom is 0.154 e. The van der Waals surface area contributed by atoms with E-state index in [1.165, 1.54) is 0 Å². The number of aromatic nitrogens is 2. The van der Waals surface area contributed by atoms with E-state index in [9.17, 15) is 0 Å². The number of morpholine rings is 1. The summed E-state index contributed by atoms with van der Waals surface area (Å²) in [6.45, 7) is 5.54. The second-order valence-electron chi connectivity index (χ2n) is 4.84. The van der Waals surface area contributed by atoms with Gasteiger partial charge in [-0.1, -0.05) is 11.6 Å².